The molecule has 31 heavy (non-hydrogen) atoms. The van der Waals surface area contributed by atoms with Crippen molar-refractivity contribution in [1.82, 2.24) is 0 Å². The standard InChI is InChI=1S/C25H26N2O4/c1-4-30-23-8-6-5-7-22(23)26-24(28)16-31-20-12-10-19(11-13-20)25(29)27-21-14-9-17(2)15-18(21)3/h5-15H,4,16H2,1-3H3,(H,26,28)(H,27,29). The van der Waals surface area contributed by atoms with Crippen LogP contribution in [0.4, 0.5) is 11.4 Å². The highest BCUT2D eigenvalue weighted by atomic mass is 16.5. The second-order valence-corrected chi connectivity index (χ2v) is 7.06. The van der Waals surface area contributed by atoms with E-state index in [-0.39, 0.29) is 18.4 Å². The normalized spacial score (nSPS) is 10.3. The molecule has 0 fully saturated rings. The second kappa shape index (κ2) is 10.3. The Balaban J connectivity index is 1.54. The van der Waals surface area contributed by atoms with Crippen LogP contribution in [-0.4, -0.2) is 25.0 Å². The van der Waals surface area contributed by atoms with Gasteiger partial charge in [-0.15, -0.1) is 0 Å². The minimum atomic E-state index is -0.302. The number of para-hydroxylation sites is 2. The average Bonchev–Trinajstić information content (AvgIpc) is 2.76. The summed E-state index contributed by atoms with van der Waals surface area (Å²) in [6.45, 7) is 6.20. The molecular formula is C25H26N2O4. The van der Waals surface area contributed by atoms with E-state index in [0.717, 1.165) is 16.8 Å². The molecule has 0 bridgehead atoms. The molecule has 160 valence electrons. The molecule has 2 amide bonds. The van der Waals surface area contributed by atoms with Crippen LogP contribution in [-0.2, 0) is 4.79 Å². The predicted octanol–water partition coefficient (Wildman–Crippen LogP) is 4.97. The first-order valence-electron chi connectivity index (χ1n) is 10.1. The van der Waals surface area contributed by atoms with Gasteiger partial charge in [-0.1, -0.05) is 29.8 Å². The van der Waals surface area contributed by atoms with Gasteiger partial charge in [-0.05, 0) is 68.8 Å². The molecule has 6 nitrogen and oxygen atoms in total. The van der Waals surface area contributed by atoms with Crippen molar-refractivity contribution in [3.63, 3.8) is 0 Å². The summed E-state index contributed by atoms with van der Waals surface area (Å²) in [5.74, 6) is 0.599. The largest absolute Gasteiger partial charge is 0.492 e. The molecule has 3 rings (SSSR count). The van der Waals surface area contributed by atoms with E-state index in [9.17, 15) is 9.59 Å². The summed E-state index contributed by atoms with van der Waals surface area (Å²) >= 11 is 0. The molecule has 0 unspecified atom stereocenters. The maximum absolute atomic E-state index is 12.5. The molecule has 0 aliphatic heterocycles. The summed E-state index contributed by atoms with van der Waals surface area (Å²) in [5.41, 5.74) is 4.02. The first-order valence-corrected chi connectivity index (χ1v) is 10.1. The van der Waals surface area contributed by atoms with Crippen LogP contribution in [0.15, 0.2) is 66.7 Å². The molecule has 3 aromatic rings. The van der Waals surface area contributed by atoms with Crippen LogP contribution in [0.3, 0.4) is 0 Å². The molecular weight excluding hydrogens is 392 g/mol. The number of benzene rings is 3. The van der Waals surface area contributed by atoms with Gasteiger partial charge in [0.05, 0.1) is 12.3 Å². The van der Waals surface area contributed by atoms with Crippen molar-refractivity contribution < 1.29 is 19.1 Å². The summed E-state index contributed by atoms with van der Waals surface area (Å²) in [4.78, 5) is 24.7. The Morgan fingerprint density at radius 2 is 1.58 bits per heavy atom. The van der Waals surface area contributed by atoms with Crippen molar-refractivity contribution >= 4 is 23.2 Å². The summed E-state index contributed by atoms with van der Waals surface area (Å²) in [5, 5.41) is 5.69. The molecule has 0 aromatic heterocycles. The second-order valence-electron chi connectivity index (χ2n) is 7.06. The summed E-state index contributed by atoms with van der Waals surface area (Å²) < 4.78 is 11.0. The third-order valence-electron chi connectivity index (χ3n) is 4.58. The topological polar surface area (TPSA) is 76.7 Å². The van der Waals surface area contributed by atoms with E-state index < -0.39 is 0 Å². The van der Waals surface area contributed by atoms with Crippen molar-refractivity contribution in [2.45, 2.75) is 20.8 Å². The van der Waals surface area contributed by atoms with Crippen LogP contribution in [0.1, 0.15) is 28.4 Å². The molecule has 0 spiro atoms. The quantitative estimate of drug-likeness (QED) is 0.541. The van der Waals surface area contributed by atoms with Gasteiger partial charge in [-0.25, -0.2) is 0 Å². The molecule has 0 radical (unpaired) electrons. The van der Waals surface area contributed by atoms with Crippen molar-refractivity contribution in [2.75, 3.05) is 23.8 Å². The number of aryl methyl sites for hydroxylation is 2. The third kappa shape index (κ3) is 6.09. The molecule has 0 heterocycles. The number of carbonyl (C=O) groups excluding carboxylic acids is 2. The van der Waals surface area contributed by atoms with Crippen LogP contribution in [0, 0.1) is 13.8 Å². The molecule has 0 saturated heterocycles. The number of ether oxygens (including phenoxy) is 2. The Morgan fingerprint density at radius 3 is 2.29 bits per heavy atom. The van der Waals surface area contributed by atoms with E-state index >= 15 is 0 Å². The lowest BCUT2D eigenvalue weighted by Crippen LogP contribution is -2.20. The number of hydrogen-bond acceptors (Lipinski definition) is 4. The minimum Gasteiger partial charge on any atom is -0.492 e. The van der Waals surface area contributed by atoms with Gasteiger partial charge in [-0.2, -0.15) is 0 Å². The van der Waals surface area contributed by atoms with Crippen molar-refractivity contribution in [1.29, 1.82) is 0 Å². The van der Waals surface area contributed by atoms with Gasteiger partial charge in [-0.3, -0.25) is 9.59 Å². The number of hydrogen-bond donors (Lipinski definition) is 2. The Hall–Kier alpha value is -3.80. The Morgan fingerprint density at radius 1 is 0.839 bits per heavy atom. The van der Waals surface area contributed by atoms with Gasteiger partial charge in [0, 0.05) is 11.3 Å². The van der Waals surface area contributed by atoms with E-state index in [0.29, 0.717) is 29.4 Å². The molecule has 3 aromatic carbocycles. The summed E-state index contributed by atoms with van der Waals surface area (Å²) in [7, 11) is 0. The number of nitrogens with one attached hydrogen (secondary N) is 2. The lowest BCUT2D eigenvalue weighted by molar-refractivity contribution is -0.118. The van der Waals surface area contributed by atoms with E-state index in [1.54, 1.807) is 36.4 Å². The molecule has 0 saturated carbocycles. The fourth-order valence-electron chi connectivity index (χ4n) is 3.04. The fourth-order valence-corrected chi connectivity index (χ4v) is 3.04. The predicted molar refractivity (Wildman–Crippen MR) is 122 cm³/mol. The van der Waals surface area contributed by atoms with Crippen LogP contribution < -0.4 is 20.1 Å². The van der Waals surface area contributed by atoms with Crippen LogP contribution in [0.5, 0.6) is 11.5 Å². The Labute approximate surface area is 182 Å². The highest BCUT2D eigenvalue weighted by Crippen LogP contribution is 2.23. The zero-order chi connectivity index (χ0) is 22.2. The fraction of sp³-hybridized carbons (Fsp3) is 0.200. The SMILES string of the molecule is CCOc1ccccc1NC(=O)COc1ccc(C(=O)Nc2ccc(C)cc2C)cc1. The highest BCUT2D eigenvalue weighted by molar-refractivity contribution is 6.04. The van der Waals surface area contributed by atoms with Crippen LogP contribution in [0.2, 0.25) is 0 Å². The van der Waals surface area contributed by atoms with E-state index in [4.69, 9.17) is 9.47 Å². The zero-order valence-corrected chi connectivity index (χ0v) is 17.9. The monoisotopic (exact) mass is 418 g/mol. The first-order chi connectivity index (χ1) is 15.0. The van der Waals surface area contributed by atoms with Crippen LogP contribution >= 0.6 is 0 Å². The number of rotatable bonds is 8. The average molecular weight is 418 g/mol. The number of anilines is 2. The Kier molecular flexibility index (Phi) is 7.27. The lowest BCUT2D eigenvalue weighted by Gasteiger charge is -2.12. The maximum Gasteiger partial charge on any atom is 0.262 e. The molecule has 2 N–H and O–H groups in total. The van der Waals surface area contributed by atoms with Gasteiger partial charge in [0.15, 0.2) is 6.61 Å². The highest BCUT2D eigenvalue weighted by Gasteiger charge is 2.10. The van der Waals surface area contributed by atoms with E-state index in [2.05, 4.69) is 10.6 Å². The lowest BCUT2D eigenvalue weighted by atomic mass is 10.1. The number of carbonyl (C=O) groups is 2. The molecule has 6 heteroatoms. The van der Waals surface area contributed by atoms with Gasteiger partial charge in [0.2, 0.25) is 0 Å². The van der Waals surface area contributed by atoms with Crippen molar-refractivity contribution in [3.05, 3.63) is 83.4 Å². The van der Waals surface area contributed by atoms with E-state index in [1.807, 2.05) is 51.1 Å². The van der Waals surface area contributed by atoms with Gasteiger partial charge in [0.25, 0.3) is 11.8 Å². The zero-order valence-electron chi connectivity index (χ0n) is 17.9. The summed E-state index contributed by atoms with van der Waals surface area (Å²) in [6, 6.07) is 19.7. The van der Waals surface area contributed by atoms with Crippen molar-refractivity contribution in [2.24, 2.45) is 0 Å². The van der Waals surface area contributed by atoms with Gasteiger partial charge in [0.1, 0.15) is 11.5 Å². The molecule has 0 aliphatic rings. The van der Waals surface area contributed by atoms with Crippen molar-refractivity contribution in [3.8, 4) is 11.5 Å². The molecule has 0 atom stereocenters. The molecule has 0 aliphatic carbocycles. The van der Waals surface area contributed by atoms with E-state index in [1.165, 1.54) is 0 Å². The van der Waals surface area contributed by atoms with Gasteiger partial charge < -0.3 is 20.1 Å². The Bertz CT molecular complexity index is 1060. The minimum absolute atomic E-state index is 0.158. The first kappa shape index (κ1) is 21.9. The smallest absolute Gasteiger partial charge is 0.262 e. The summed E-state index contributed by atoms with van der Waals surface area (Å²) in [6.07, 6.45) is 0. The third-order valence-corrected chi connectivity index (χ3v) is 4.58. The number of amides is 2. The maximum atomic E-state index is 12.5. The van der Waals surface area contributed by atoms with Crippen LogP contribution in [0.25, 0.3) is 0 Å². The van der Waals surface area contributed by atoms with Gasteiger partial charge >= 0.3 is 0 Å².